The number of carbonyl (C=O) groups excluding carboxylic acids is 1. The minimum Gasteiger partial charge on any atom is -0.385 e. The molecule has 0 aliphatic carbocycles. The number of rotatable bonds is 19. The van der Waals surface area contributed by atoms with Gasteiger partial charge in [0.15, 0.2) is 0 Å². The number of methoxy groups -OCH3 is 1. The van der Waals surface area contributed by atoms with Crippen molar-refractivity contribution in [1.29, 1.82) is 0 Å². The van der Waals surface area contributed by atoms with E-state index in [2.05, 4.69) is 91.5 Å². The Morgan fingerprint density at radius 1 is 0.839 bits per heavy atom. The van der Waals surface area contributed by atoms with Gasteiger partial charge in [-0.25, -0.2) is 0 Å². The molecular formula is C25H45NO2P2S. The molecule has 2 unspecified atom stereocenters. The molecule has 0 saturated carbocycles. The normalized spacial score (nSPS) is 12.0. The van der Waals surface area contributed by atoms with Gasteiger partial charge in [0.1, 0.15) is 0 Å². The zero-order chi connectivity index (χ0) is 23.3. The number of hydrogen-bond acceptors (Lipinski definition) is 3. The van der Waals surface area contributed by atoms with Crippen LogP contribution < -0.4 is 5.32 Å². The van der Waals surface area contributed by atoms with Gasteiger partial charge in [-0.2, -0.15) is 0 Å². The predicted molar refractivity (Wildman–Crippen MR) is 150 cm³/mol. The molecule has 0 aliphatic heterocycles. The van der Waals surface area contributed by atoms with Crippen LogP contribution in [0.1, 0.15) is 58.3 Å². The van der Waals surface area contributed by atoms with Gasteiger partial charge in [-0.15, -0.1) is 30.2 Å². The number of hydrogen-bond donors (Lipinski definition) is 1. The van der Waals surface area contributed by atoms with Crippen LogP contribution in [0.2, 0.25) is 0 Å². The first-order valence-electron chi connectivity index (χ1n) is 11.2. The Kier molecular flexibility index (Phi) is 33.1. The van der Waals surface area contributed by atoms with Gasteiger partial charge in [0.25, 0.3) is 0 Å². The van der Waals surface area contributed by atoms with Crippen molar-refractivity contribution in [2.24, 2.45) is 0 Å². The van der Waals surface area contributed by atoms with E-state index >= 15 is 0 Å². The molecule has 178 valence electrons. The van der Waals surface area contributed by atoms with Crippen LogP contribution in [0.15, 0.2) is 60.8 Å². The molecule has 0 fully saturated rings. The van der Waals surface area contributed by atoms with Gasteiger partial charge in [-0.3, -0.25) is 4.79 Å². The Morgan fingerprint density at radius 2 is 1.35 bits per heavy atom. The maximum absolute atomic E-state index is 9.72. The maximum atomic E-state index is 9.72. The van der Waals surface area contributed by atoms with Gasteiger partial charge in [0.2, 0.25) is 6.41 Å². The van der Waals surface area contributed by atoms with Crippen LogP contribution in [0.4, 0.5) is 0 Å². The van der Waals surface area contributed by atoms with Crippen LogP contribution in [0.5, 0.6) is 0 Å². The summed E-state index contributed by atoms with van der Waals surface area (Å²) in [6.07, 6.45) is 31.9. The fourth-order valence-electron chi connectivity index (χ4n) is 2.19. The number of allylic oxidation sites excluding steroid dienone is 10. The van der Waals surface area contributed by atoms with E-state index in [1.54, 1.807) is 18.9 Å². The van der Waals surface area contributed by atoms with E-state index in [9.17, 15) is 4.79 Å². The summed E-state index contributed by atoms with van der Waals surface area (Å²) in [7, 11) is 7.07. The van der Waals surface area contributed by atoms with Gasteiger partial charge in [-0.05, 0) is 51.4 Å². The van der Waals surface area contributed by atoms with Crippen molar-refractivity contribution in [2.45, 2.75) is 63.0 Å². The number of nitrogens with one attached hydrogen (secondary N) is 1. The molecule has 0 aliphatic rings. The molecular weight excluding hydrogens is 440 g/mol. The molecule has 0 radical (unpaired) electrons. The maximum Gasteiger partial charge on any atom is 0.207 e. The van der Waals surface area contributed by atoms with Crippen LogP contribution in [0.25, 0.3) is 0 Å². The van der Waals surface area contributed by atoms with Crippen LogP contribution in [-0.2, 0) is 9.53 Å². The van der Waals surface area contributed by atoms with E-state index in [4.69, 9.17) is 4.74 Å². The van der Waals surface area contributed by atoms with Crippen molar-refractivity contribution >= 4 is 36.7 Å². The van der Waals surface area contributed by atoms with E-state index in [-0.39, 0.29) is 0 Å². The highest BCUT2D eigenvalue weighted by Crippen LogP contribution is 2.22. The summed E-state index contributed by atoms with van der Waals surface area (Å²) in [5.41, 5.74) is 0. The van der Waals surface area contributed by atoms with Gasteiger partial charge in [0.05, 0.1) is 0 Å². The number of thioether (sulfide) groups is 1. The van der Waals surface area contributed by atoms with Crippen molar-refractivity contribution in [3.8, 4) is 0 Å². The van der Waals surface area contributed by atoms with Crippen molar-refractivity contribution in [1.82, 2.24) is 5.32 Å². The highest BCUT2D eigenvalue weighted by Gasteiger charge is 1.91. The average molecular weight is 486 g/mol. The second kappa shape index (κ2) is 31.5. The van der Waals surface area contributed by atoms with Crippen LogP contribution >= 0.6 is 30.2 Å². The number of carbonyl (C=O) groups is 1. The predicted octanol–water partition coefficient (Wildman–Crippen LogP) is 7.05. The molecule has 6 heteroatoms. The fraction of sp³-hybridized carbons (Fsp3) is 0.560. The Labute approximate surface area is 201 Å². The van der Waals surface area contributed by atoms with Crippen LogP contribution in [-0.4, -0.2) is 37.2 Å². The van der Waals surface area contributed by atoms with E-state index in [0.29, 0.717) is 4.73 Å². The zero-order valence-electron chi connectivity index (χ0n) is 19.6. The van der Waals surface area contributed by atoms with Crippen LogP contribution in [0, 0.1) is 0 Å². The third-order valence-corrected chi connectivity index (χ3v) is 5.75. The zero-order valence-corrected chi connectivity index (χ0v) is 22.7. The van der Waals surface area contributed by atoms with Gasteiger partial charge in [-0.1, -0.05) is 67.7 Å². The smallest absolute Gasteiger partial charge is 0.207 e. The molecule has 0 aromatic heterocycles. The molecule has 0 saturated heterocycles. The lowest BCUT2D eigenvalue weighted by Crippen LogP contribution is -2.14. The summed E-state index contributed by atoms with van der Waals surface area (Å²) < 4.78 is 5.52. The van der Waals surface area contributed by atoms with Crippen molar-refractivity contribution in [3.63, 3.8) is 0 Å². The topological polar surface area (TPSA) is 38.3 Å². The lowest BCUT2D eigenvalue weighted by Gasteiger charge is -2.01. The van der Waals surface area contributed by atoms with Gasteiger partial charge in [0, 0.05) is 30.7 Å². The summed E-state index contributed by atoms with van der Waals surface area (Å²) >= 11 is 1.78. The largest absolute Gasteiger partial charge is 0.385 e. The molecule has 0 heterocycles. The average Bonchev–Trinajstić information content (AvgIpc) is 2.76. The van der Waals surface area contributed by atoms with E-state index in [1.807, 2.05) is 0 Å². The van der Waals surface area contributed by atoms with Crippen LogP contribution in [0.3, 0.4) is 0 Å². The third-order valence-electron chi connectivity index (χ3n) is 3.77. The highest BCUT2D eigenvalue weighted by molar-refractivity contribution is 8.07. The minimum atomic E-state index is 0.499. The SMILES string of the molecule is CC/C=C\C/C=C\C/C=C\C/C=C\C/C=C\CCCCOC.O=CNCCSC(P)P. The molecule has 1 N–H and O–H groups in total. The van der Waals surface area contributed by atoms with E-state index in [1.165, 1.54) is 6.42 Å². The molecule has 0 rings (SSSR count). The molecule has 0 aromatic carbocycles. The molecule has 2 atom stereocenters. The quantitative estimate of drug-likeness (QED) is 0.0922. The Balaban J connectivity index is 0. The summed E-state index contributed by atoms with van der Waals surface area (Å²) in [4.78, 5) is 9.72. The number of amides is 1. The first kappa shape index (κ1) is 32.5. The second-order valence-electron chi connectivity index (χ2n) is 6.60. The van der Waals surface area contributed by atoms with E-state index < -0.39 is 0 Å². The first-order valence-corrected chi connectivity index (χ1v) is 13.6. The summed E-state index contributed by atoms with van der Waals surface area (Å²) in [5.74, 6) is 0.969. The monoisotopic (exact) mass is 485 g/mol. The standard InChI is InChI=1S/C21H34O.C4H11NOP2S/c1-3-4-5-6-7-8-9-10-11-12-13-14-15-16-17-18-19-20-21-22-2;6-3-5-1-2-9-4(7)8/h4-5,7-8,10-11,13-14,16-17H,3,6,9,12,15,18-21H2,1-2H3;3-4H,1-2,7-8H2,(H,5,6)/b5-4-,8-7-,11-10-,14-13-,17-16-;. The molecule has 0 bridgehead atoms. The highest BCUT2D eigenvalue weighted by atomic mass is 32.2. The van der Waals surface area contributed by atoms with Crippen molar-refractivity contribution in [2.75, 3.05) is 26.0 Å². The molecule has 0 spiro atoms. The molecule has 31 heavy (non-hydrogen) atoms. The fourth-order valence-corrected chi connectivity index (χ4v) is 3.51. The Bertz CT molecular complexity index is 504. The number of ether oxygens (including phenoxy) is 1. The first-order chi connectivity index (χ1) is 15.2. The molecule has 3 nitrogen and oxygen atoms in total. The lowest BCUT2D eigenvalue weighted by molar-refractivity contribution is -0.109. The third kappa shape index (κ3) is 37.0. The summed E-state index contributed by atoms with van der Waals surface area (Å²) in [6.45, 7) is 3.80. The second-order valence-corrected chi connectivity index (χ2v) is 11.1. The minimum absolute atomic E-state index is 0.499. The van der Waals surface area contributed by atoms with E-state index in [0.717, 1.165) is 70.3 Å². The van der Waals surface area contributed by atoms with Crippen molar-refractivity contribution < 1.29 is 9.53 Å². The Hall–Kier alpha value is -0.660. The summed E-state index contributed by atoms with van der Waals surface area (Å²) in [5, 5.41) is 2.58. The lowest BCUT2D eigenvalue weighted by atomic mass is 10.2. The van der Waals surface area contributed by atoms with Crippen molar-refractivity contribution in [3.05, 3.63) is 60.8 Å². The Morgan fingerprint density at radius 3 is 1.81 bits per heavy atom. The van der Waals surface area contributed by atoms with Gasteiger partial charge < -0.3 is 10.1 Å². The molecule has 0 aromatic rings. The summed E-state index contributed by atoms with van der Waals surface area (Å²) in [6, 6.07) is 0. The molecule has 1 amide bonds. The number of unbranched alkanes of at least 4 members (excludes halogenated alkanes) is 2. The van der Waals surface area contributed by atoms with Gasteiger partial charge >= 0.3 is 0 Å².